The maximum Gasteiger partial charge on any atom is 0.320 e. The van der Waals surface area contributed by atoms with E-state index in [0.29, 0.717) is 6.42 Å². The van der Waals surface area contributed by atoms with E-state index < -0.39 is 12.0 Å². The van der Waals surface area contributed by atoms with Crippen molar-refractivity contribution in [3.05, 3.63) is 35.4 Å². The van der Waals surface area contributed by atoms with E-state index >= 15 is 0 Å². The Morgan fingerprint density at radius 2 is 1.89 bits per heavy atom. The lowest BCUT2D eigenvalue weighted by molar-refractivity contribution is -0.139. The van der Waals surface area contributed by atoms with Gasteiger partial charge in [0.2, 0.25) is 0 Å². The minimum Gasteiger partial charge on any atom is -0.480 e. The molecule has 0 bridgehead atoms. The van der Waals surface area contributed by atoms with E-state index in [9.17, 15) is 4.79 Å². The Hall–Kier alpha value is -1.35. The van der Waals surface area contributed by atoms with Crippen LogP contribution in [0.25, 0.3) is 0 Å². The number of hydrogen-bond acceptors (Lipinski definition) is 2. The molecular weight excluding hydrogens is 226 g/mol. The average Bonchev–Trinajstić information content (AvgIpc) is 2.79. The molecule has 98 valence electrons. The van der Waals surface area contributed by atoms with Crippen molar-refractivity contribution in [2.75, 3.05) is 0 Å². The summed E-state index contributed by atoms with van der Waals surface area (Å²) in [5.74, 6) is -0.895. The number of rotatable bonds is 4. The molecule has 1 aromatic rings. The van der Waals surface area contributed by atoms with Gasteiger partial charge in [0, 0.05) is 0 Å². The van der Waals surface area contributed by atoms with Gasteiger partial charge in [-0.25, -0.2) is 0 Å². The van der Waals surface area contributed by atoms with Gasteiger partial charge in [-0.15, -0.1) is 0 Å². The molecule has 0 aromatic heterocycles. The summed E-state index contributed by atoms with van der Waals surface area (Å²) in [6, 6.07) is 7.71. The Morgan fingerprint density at radius 1 is 1.33 bits per heavy atom. The van der Waals surface area contributed by atoms with Crippen LogP contribution in [-0.2, 0) is 10.2 Å². The standard InChI is InChI=1S/C15H21NO2/c1-11-4-6-12(7-5-11)15(8-2-3-9-15)10-13(16)14(17)18/h4-7,13H,2-3,8-10,16H2,1H3,(H,17,18). The predicted octanol–water partition coefficient (Wildman–Crippen LogP) is 2.61. The van der Waals surface area contributed by atoms with Crippen LogP contribution < -0.4 is 5.73 Å². The van der Waals surface area contributed by atoms with Crippen LogP contribution in [0.4, 0.5) is 0 Å². The van der Waals surface area contributed by atoms with Crippen LogP contribution in [0.15, 0.2) is 24.3 Å². The molecular formula is C15H21NO2. The van der Waals surface area contributed by atoms with Gasteiger partial charge in [0.05, 0.1) is 0 Å². The highest BCUT2D eigenvalue weighted by Gasteiger charge is 2.38. The number of carbonyl (C=O) groups is 1. The Balaban J connectivity index is 2.26. The summed E-state index contributed by atoms with van der Waals surface area (Å²) in [5, 5.41) is 9.02. The molecule has 0 spiro atoms. The first kappa shape index (κ1) is 13.1. The highest BCUT2D eigenvalue weighted by Crippen LogP contribution is 2.44. The third-order valence-corrected chi connectivity index (χ3v) is 4.15. The summed E-state index contributed by atoms with van der Waals surface area (Å²) in [5.41, 5.74) is 8.21. The molecule has 18 heavy (non-hydrogen) atoms. The molecule has 0 amide bonds. The minimum atomic E-state index is -0.895. The van der Waals surface area contributed by atoms with Crippen molar-refractivity contribution in [1.82, 2.24) is 0 Å². The van der Waals surface area contributed by atoms with Crippen LogP contribution in [0, 0.1) is 6.92 Å². The summed E-state index contributed by atoms with van der Waals surface area (Å²) in [4.78, 5) is 11.0. The molecule has 1 fully saturated rings. The molecule has 1 aromatic carbocycles. The number of hydrogen-bond donors (Lipinski definition) is 2. The van der Waals surface area contributed by atoms with Crippen LogP contribution in [0.3, 0.4) is 0 Å². The van der Waals surface area contributed by atoms with Crippen LogP contribution in [0.5, 0.6) is 0 Å². The summed E-state index contributed by atoms with van der Waals surface area (Å²) in [6.45, 7) is 2.06. The summed E-state index contributed by atoms with van der Waals surface area (Å²) < 4.78 is 0. The molecule has 0 aliphatic heterocycles. The lowest BCUT2D eigenvalue weighted by Gasteiger charge is -2.31. The van der Waals surface area contributed by atoms with E-state index in [1.54, 1.807) is 0 Å². The smallest absolute Gasteiger partial charge is 0.320 e. The van der Waals surface area contributed by atoms with E-state index in [0.717, 1.165) is 12.8 Å². The van der Waals surface area contributed by atoms with Crippen molar-refractivity contribution in [3.63, 3.8) is 0 Å². The fourth-order valence-electron chi connectivity index (χ4n) is 3.08. The maximum absolute atomic E-state index is 11.0. The number of carboxylic acids is 1. The van der Waals surface area contributed by atoms with Crippen LogP contribution in [-0.4, -0.2) is 17.1 Å². The van der Waals surface area contributed by atoms with Crippen LogP contribution in [0.2, 0.25) is 0 Å². The van der Waals surface area contributed by atoms with Crippen molar-refractivity contribution < 1.29 is 9.90 Å². The first-order chi connectivity index (χ1) is 8.53. The molecule has 1 unspecified atom stereocenters. The van der Waals surface area contributed by atoms with Crippen molar-refractivity contribution in [2.45, 2.75) is 50.5 Å². The number of benzene rings is 1. The van der Waals surface area contributed by atoms with Crippen LogP contribution in [0.1, 0.15) is 43.2 Å². The quantitative estimate of drug-likeness (QED) is 0.859. The summed E-state index contributed by atoms with van der Waals surface area (Å²) in [6.07, 6.45) is 4.99. The summed E-state index contributed by atoms with van der Waals surface area (Å²) >= 11 is 0. The second-order valence-electron chi connectivity index (χ2n) is 5.50. The van der Waals surface area contributed by atoms with Crippen molar-refractivity contribution in [1.29, 1.82) is 0 Å². The normalized spacial score (nSPS) is 19.7. The van der Waals surface area contributed by atoms with Gasteiger partial charge < -0.3 is 10.8 Å². The fourth-order valence-corrected chi connectivity index (χ4v) is 3.08. The van der Waals surface area contributed by atoms with Gasteiger partial charge in [0.1, 0.15) is 6.04 Å². The van der Waals surface area contributed by atoms with Gasteiger partial charge in [-0.3, -0.25) is 4.79 Å². The topological polar surface area (TPSA) is 63.3 Å². The van der Waals surface area contributed by atoms with Crippen LogP contribution >= 0.6 is 0 Å². The van der Waals surface area contributed by atoms with Gasteiger partial charge in [-0.1, -0.05) is 42.7 Å². The molecule has 1 aliphatic carbocycles. The zero-order chi connectivity index (χ0) is 13.2. The first-order valence-electron chi connectivity index (χ1n) is 6.59. The van der Waals surface area contributed by atoms with Gasteiger partial charge in [0.25, 0.3) is 0 Å². The van der Waals surface area contributed by atoms with Crippen molar-refractivity contribution >= 4 is 5.97 Å². The van der Waals surface area contributed by atoms with E-state index in [1.807, 2.05) is 0 Å². The second-order valence-corrected chi connectivity index (χ2v) is 5.50. The molecule has 0 heterocycles. The molecule has 2 rings (SSSR count). The number of carboxylic acid groups (broad SMARTS) is 1. The second kappa shape index (κ2) is 5.11. The molecule has 0 saturated heterocycles. The zero-order valence-electron chi connectivity index (χ0n) is 10.9. The lowest BCUT2D eigenvalue weighted by Crippen LogP contribution is -2.38. The largest absolute Gasteiger partial charge is 0.480 e. The molecule has 1 atom stereocenters. The van der Waals surface area contributed by atoms with E-state index in [1.165, 1.54) is 24.0 Å². The van der Waals surface area contributed by atoms with Gasteiger partial charge in [-0.05, 0) is 37.2 Å². The van der Waals surface area contributed by atoms with Crippen molar-refractivity contribution in [2.24, 2.45) is 5.73 Å². The zero-order valence-corrected chi connectivity index (χ0v) is 10.9. The maximum atomic E-state index is 11.0. The molecule has 3 heteroatoms. The Labute approximate surface area is 108 Å². The highest BCUT2D eigenvalue weighted by molar-refractivity contribution is 5.73. The minimum absolute atomic E-state index is 0.0223. The van der Waals surface area contributed by atoms with Gasteiger partial charge in [0.15, 0.2) is 0 Å². The Bertz CT molecular complexity index is 419. The Morgan fingerprint density at radius 3 is 2.39 bits per heavy atom. The number of aliphatic carboxylic acids is 1. The number of nitrogens with two attached hydrogens (primary N) is 1. The summed E-state index contributed by atoms with van der Waals surface area (Å²) in [7, 11) is 0. The van der Waals surface area contributed by atoms with Crippen molar-refractivity contribution in [3.8, 4) is 0 Å². The van der Waals surface area contributed by atoms with E-state index in [-0.39, 0.29) is 5.41 Å². The number of aryl methyl sites for hydroxylation is 1. The fraction of sp³-hybridized carbons (Fsp3) is 0.533. The van der Waals surface area contributed by atoms with Gasteiger partial charge >= 0.3 is 5.97 Å². The van der Waals surface area contributed by atoms with E-state index in [4.69, 9.17) is 10.8 Å². The lowest BCUT2D eigenvalue weighted by atomic mass is 9.74. The molecule has 3 N–H and O–H groups in total. The SMILES string of the molecule is Cc1ccc(C2(CC(N)C(=O)O)CCCC2)cc1. The molecule has 3 nitrogen and oxygen atoms in total. The highest BCUT2D eigenvalue weighted by atomic mass is 16.4. The molecule has 0 radical (unpaired) electrons. The monoisotopic (exact) mass is 247 g/mol. The first-order valence-corrected chi connectivity index (χ1v) is 6.59. The van der Waals surface area contributed by atoms with Gasteiger partial charge in [-0.2, -0.15) is 0 Å². The molecule has 1 saturated carbocycles. The molecule has 1 aliphatic rings. The average molecular weight is 247 g/mol. The Kier molecular flexibility index (Phi) is 3.71. The third kappa shape index (κ3) is 2.56. The predicted molar refractivity (Wildman–Crippen MR) is 71.6 cm³/mol. The third-order valence-electron chi connectivity index (χ3n) is 4.15. The van der Waals surface area contributed by atoms with E-state index in [2.05, 4.69) is 31.2 Å².